The maximum atomic E-state index is 13.4. The Hall–Kier alpha value is -2.42. The number of carbonyl (C=O) groups excluding carboxylic acids is 2. The number of ether oxygens (including phenoxy) is 2. The Bertz CT molecular complexity index is 881. The maximum absolute atomic E-state index is 13.4. The van der Waals surface area contributed by atoms with Crippen molar-refractivity contribution in [3.05, 3.63) is 41.5 Å². The molecule has 0 aromatic heterocycles. The van der Waals surface area contributed by atoms with Gasteiger partial charge in [-0.15, -0.1) is 0 Å². The van der Waals surface area contributed by atoms with E-state index in [1.165, 1.54) is 0 Å². The zero-order valence-corrected chi connectivity index (χ0v) is 19.1. The third-order valence-electron chi connectivity index (χ3n) is 7.03. The van der Waals surface area contributed by atoms with Gasteiger partial charge in [0.1, 0.15) is 18.0 Å². The summed E-state index contributed by atoms with van der Waals surface area (Å²) in [5.41, 5.74) is 1.29. The zero-order valence-electron chi connectivity index (χ0n) is 19.1. The van der Waals surface area contributed by atoms with Crippen molar-refractivity contribution in [1.29, 1.82) is 0 Å². The molecule has 1 heterocycles. The lowest BCUT2D eigenvalue weighted by molar-refractivity contribution is -0.139. The molecule has 2 aliphatic carbocycles. The van der Waals surface area contributed by atoms with E-state index in [0.29, 0.717) is 36.8 Å². The Morgan fingerprint density at radius 2 is 2.00 bits per heavy atom. The highest BCUT2D eigenvalue weighted by molar-refractivity contribution is 5.96. The van der Waals surface area contributed by atoms with Crippen molar-refractivity contribution in [2.24, 2.45) is 5.92 Å². The second-order valence-electron chi connectivity index (χ2n) is 9.12. The normalized spacial score (nSPS) is 26.2. The van der Waals surface area contributed by atoms with E-state index in [4.69, 9.17) is 9.47 Å². The van der Waals surface area contributed by atoms with E-state index in [0.717, 1.165) is 31.2 Å². The molecule has 8 heteroatoms. The molecule has 1 aromatic rings. The summed E-state index contributed by atoms with van der Waals surface area (Å²) >= 11 is 0. The molecule has 1 aromatic carbocycles. The highest BCUT2D eigenvalue weighted by Gasteiger charge is 2.50. The van der Waals surface area contributed by atoms with Gasteiger partial charge >= 0.3 is 0 Å². The average Bonchev–Trinajstić information content (AvgIpc) is 3.47. The lowest BCUT2D eigenvalue weighted by Gasteiger charge is -2.41. The SMILES string of the molecule is COCCN(C(=O)CC1CCCC1)C1C=C(C(=O)NCCO)C2c3ccccc3OC2C1O. The third-order valence-corrected chi connectivity index (χ3v) is 7.03. The van der Waals surface area contributed by atoms with Crippen LogP contribution in [0.15, 0.2) is 35.9 Å². The van der Waals surface area contributed by atoms with Crippen LogP contribution in [0.4, 0.5) is 0 Å². The first-order valence-electron chi connectivity index (χ1n) is 11.9. The van der Waals surface area contributed by atoms with Gasteiger partial charge < -0.3 is 29.9 Å². The van der Waals surface area contributed by atoms with E-state index in [1.807, 2.05) is 24.3 Å². The van der Waals surface area contributed by atoms with Gasteiger partial charge in [-0.25, -0.2) is 0 Å². The van der Waals surface area contributed by atoms with Crippen molar-refractivity contribution in [3.63, 3.8) is 0 Å². The van der Waals surface area contributed by atoms with Crippen LogP contribution < -0.4 is 10.1 Å². The van der Waals surface area contributed by atoms with Crippen molar-refractivity contribution < 1.29 is 29.3 Å². The summed E-state index contributed by atoms with van der Waals surface area (Å²) < 4.78 is 11.4. The first-order chi connectivity index (χ1) is 16.0. The second-order valence-corrected chi connectivity index (χ2v) is 9.12. The quantitative estimate of drug-likeness (QED) is 0.516. The Balaban J connectivity index is 1.67. The lowest BCUT2D eigenvalue weighted by Crippen LogP contribution is -2.56. The number of carbonyl (C=O) groups is 2. The molecule has 1 fully saturated rings. The molecule has 4 unspecified atom stereocenters. The Morgan fingerprint density at radius 1 is 1.24 bits per heavy atom. The number of fused-ring (bicyclic) bond motifs is 3. The van der Waals surface area contributed by atoms with E-state index in [2.05, 4.69) is 5.32 Å². The van der Waals surface area contributed by atoms with Gasteiger partial charge in [0.25, 0.3) is 0 Å². The average molecular weight is 459 g/mol. The van der Waals surface area contributed by atoms with Crippen LogP contribution in [0.3, 0.4) is 0 Å². The number of aliphatic hydroxyl groups excluding tert-OH is 2. The third kappa shape index (κ3) is 4.93. The molecular formula is C25H34N2O6. The molecule has 0 bridgehead atoms. The number of hydrogen-bond acceptors (Lipinski definition) is 6. The first-order valence-corrected chi connectivity index (χ1v) is 11.9. The van der Waals surface area contributed by atoms with Crippen LogP contribution in [0.2, 0.25) is 0 Å². The summed E-state index contributed by atoms with van der Waals surface area (Å²) in [6, 6.07) is 6.74. The van der Waals surface area contributed by atoms with Crippen LogP contribution in [0.1, 0.15) is 43.6 Å². The molecule has 0 spiro atoms. The number of para-hydroxylation sites is 1. The summed E-state index contributed by atoms with van der Waals surface area (Å²) in [6.07, 6.45) is 4.85. The Kier molecular flexibility index (Phi) is 7.67. The summed E-state index contributed by atoms with van der Waals surface area (Å²) in [6.45, 7) is 0.591. The molecule has 2 amide bonds. The largest absolute Gasteiger partial charge is 0.486 e. The monoisotopic (exact) mass is 458 g/mol. The number of benzene rings is 1. The van der Waals surface area contributed by atoms with Gasteiger partial charge in [0.05, 0.1) is 25.2 Å². The number of nitrogens with one attached hydrogen (secondary N) is 1. The van der Waals surface area contributed by atoms with Crippen LogP contribution in [0.5, 0.6) is 5.75 Å². The molecule has 4 atom stereocenters. The number of methoxy groups -OCH3 is 1. The molecule has 0 radical (unpaired) electrons. The minimum atomic E-state index is -0.999. The molecule has 180 valence electrons. The fraction of sp³-hybridized carbons (Fsp3) is 0.600. The first kappa shape index (κ1) is 23.7. The van der Waals surface area contributed by atoms with E-state index in [9.17, 15) is 19.8 Å². The van der Waals surface area contributed by atoms with Gasteiger partial charge in [0.15, 0.2) is 0 Å². The molecule has 0 saturated heterocycles. The van der Waals surface area contributed by atoms with Gasteiger partial charge in [-0.1, -0.05) is 31.0 Å². The van der Waals surface area contributed by atoms with Gasteiger partial charge in [-0.2, -0.15) is 0 Å². The lowest BCUT2D eigenvalue weighted by atomic mass is 9.77. The molecule has 1 saturated carbocycles. The molecule has 33 heavy (non-hydrogen) atoms. The van der Waals surface area contributed by atoms with Crippen molar-refractivity contribution in [2.75, 3.05) is 33.4 Å². The zero-order chi connectivity index (χ0) is 23.4. The minimum Gasteiger partial charge on any atom is -0.486 e. The maximum Gasteiger partial charge on any atom is 0.247 e. The molecule has 8 nitrogen and oxygen atoms in total. The predicted octanol–water partition coefficient (Wildman–Crippen LogP) is 1.36. The van der Waals surface area contributed by atoms with E-state index in [1.54, 1.807) is 18.1 Å². The fourth-order valence-corrected chi connectivity index (χ4v) is 5.40. The highest BCUT2D eigenvalue weighted by Crippen LogP contribution is 2.47. The van der Waals surface area contributed by atoms with E-state index in [-0.39, 0.29) is 25.0 Å². The summed E-state index contributed by atoms with van der Waals surface area (Å²) in [7, 11) is 1.58. The Labute approximate surface area is 194 Å². The summed E-state index contributed by atoms with van der Waals surface area (Å²) in [5, 5.41) is 23.3. The molecule has 3 N–H and O–H groups in total. The minimum absolute atomic E-state index is 0.0386. The molecule has 3 aliphatic rings. The molecule has 1 aliphatic heterocycles. The van der Waals surface area contributed by atoms with Crippen LogP contribution in [-0.4, -0.2) is 78.6 Å². The molecule has 4 rings (SSSR count). The van der Waals surface area contributed by atoms with Crippen LogP contribution >= 0.6 is 0 Å². The van der Waals surface area contributed by atoms with Crippen molar-refractivity contribution in [3.8, 4) is 5.75 Å². The number of amides is 2. The number of aliphatic hydroxyl groups is 2. The van der Waals surface area contributed by atoms with Gasteiger partial charge in [-0.3, -0.25) is 9.59 Å². The van der Waals surface area contributed by atoms with Crippen molar-refractivity contribution in [1.82, 2.24) is 10.2 Å². The summed E-state index contributed by atoms with van der Waals surface area (Å²) in [5.74, 6) is 0.183. The Morgan fingerprint density at radius 3 is 2.73 bits per heavy atom. The number of hydrogen-bond donors (Lipinski definition) is 3. The van der Waals surface area contributed by atoms with Crippen molar-refractivity contribution >= 4 is 11.8 Å². The van der Waals surface area contributed by atoms with Gasteiger partial charge in [-0.05, 0) is 30.9 Å². The molecular weight excluding hydrogens is 424 g/mol. The van der Waals surface area contributed by atoms with Crippen LogP contribution in [-0.2, 0) is 14.3 Å². The van der Waals surface area contributed by atoms with Gasteiger partial charge in [0, 0.05) is 37.8 Å². The topological polar surface area (TPSA) is 108 Å². The van der Waals surface area contributed by atoms with Gasteiger partial charge in [0.2, 0.25) is 11.8 Å². The fourth-order valence-electron chi connectivity index (χ4n) is 5.40. The van der Waals surface area contributed by atoms with E-state index < -0.39 is 24.2 Å². The standard InChI is InChI=1S/C25H34N2O6/c1-32-13-11-27(21(29)14-16-6-2-3-7-16)19-15-18(25(31)26-10-12-28)22-17-8-4-5-9-20(17)33-24(22)23(19)30/h4-5,8-9,15-16,19,22-24,28,30H,2-3,6-7,10-14H2,1H3,(H,26,31). The van der Waals surface area contributed by atoms with E-state index >= 15 is 0 Å². The second kappa shape index (κ2) is 10.7. The number of rotatable bonds is 9. The predicted molar refractivity (Wildman–Crippen MR) is 122 cm³/mol. The number of nitrogens with zero attached hydrogens (tertiary/aromatic N) is 1. The van der Waals surface area contributed by atoms with Crippen molar-refractivity contribution in [2.45, 2.75) is 56.3 Å². The smallest absolute Gasteiger partial charge is 0.247 e. The van der Waals surface area contributed by atoms with Crippen LogP contribution in [0.25, 0.3) is 0 Å². The highest BCUT2D eigenvalue weighted by atomic mass is 16.5. The van der Waals surface area contributed by atoms with Crippen LogP contribution in [0, 0.1) is 5.92 Å². The summed E-state index contributed by atoms with van der Waals surface area (Å²) in [4.78, 5) is 28.1.